The summed E-state index contributed by atoms with van der Waals surface area (Å²) in [6.07, 6.45) is 0. The third-order valence-corrected chi connectivity index (χ3v) is 3.36. The molecule has 0 saturated heterocycles. The molecule has 5 heteroatoms. The highest BCUT2D eigenvalue weighted by Gasteiger charge is 2.14. The third kappa shape index (κ3) is 2.06. The number of hydrogen-bond donors (Lipinski definition) is 1. The van der Waals surface area contributed by atoms with Gasteiger partial charge in [-0.05, 0) is 44.7 Å². The molecular formula is C15H17N5. The topological polar surface area (TPSA) is 55.6 Å². The lowest BCUT2D eigenvalue weighted by Gasteiger charge is -2.12. The summed E-state index contributed by atoms with van der Waals surface area (Å²) in [5.74, 6) is 0.852. The molecule has 0 saturated carbocycles. The molecule has 2 heterocycles. The lowest BCUT2D eigenvalue weighted by Crippen LogP contribution is -2.14. The Balaban J connectivity index is 2.28. The first-order valence-corrected chi connectivity index (χ1v) is 6.63. The van der Waals surface area contributed by atoms with E-state index in [1.807, 2.05) is 42.9 Å². The lowest BCUT2D eigenvalue weighted by molar-refractivity contribution is 0.748. The van der Waals surface area contributed by atoms with E-state index in [2.05, 4.69) is 33.6 Å². The van der Waals surface area contributed by atoms with Crippen molar-refractivity contribution in [2.45, 2.75) is 20.4 Å². The number of aromatic nitrogens is 4. The zero-order valence-electron chi connectivity index (χ0n) is 11.9. The van der Waals surface area contributed by atoms with Crippen LogP contribution in [0.3, 0.4) is 0 Å². The van der Waals surface area contributed by atoms with Crippen molar-refractivity contribution in [2.24, 2.45) is 0 Å². The minimum Gasteiger partial charge on any atom is -0.316 e. The summed E-state index contributed by atoms with van der Waals surface area (Å²) in [6.45, 7) is 4.85. The van der Waals surface area contributed by atoms with Crippen LogP contribution in [0.15, 0.2) is 30.3 Å². The Labute approximate surface area is 117 Å². The van der Waals surface area contributed by atoms with Crippen LogP contribution in [0.1, 0.15) is 16.8 Å². The van der Waals surface area contributed by atoms with Gasteiger partial charge in [-0.15, -0.1) is 5.10 Å². The minimum absolute atomic E-state index is 0.753. The maximum Gasteiger partial charge on any atom is 0.160 e. The summed E-state index contributed by atoms with van der Waals surface area (Å²) in [5.41, 5.74) is 5.19. The van der Waals surface area contributed by atoms with Crippen molar-refractivity contribution in [3.05, 3.63) is 47.2 Å². The summed E-state index contributed by atoms with van der Waals surface area (Å²) in [5, 5.41) is 11.7. The fourth-order valence-electron chi connectivity index (χ4n) is 2.44. The number of fused-ring (bicyclic) bond motifs is 1. The predicted octanol–water partition coefficient (Wildman–Crippen LogP) is 2.15. The average molecular weight is 267 g/mol. The van der Waals surface area contributed by atoms with Crippen molar-refractivity contribution in [1.82, 2.24) is 25.3 Å². The lowest BCUT2D eigenvalue weighted by atomic mass is 10.1. The average Bonchev–Trinajstić information content (AvgIpc) is 2.85. The number of hydrogen-bond acceptors (Lipinski definition) is 4. The minimum atomic E-state index is 0.753. The molecule has 0 aliphatic carbocycles. The molecule has 0 unspecified atom stereocenters. The first-order valence-electron chi connectivity index (χ1n) is 6.63. The Morgan fingerprint density at radius 2 is 2.00 bits per heavy atom. The SMILES string of the molecule is CNCc1c(C)cc(C)nc1-n1nnc2ccccc21. The van der Waals surface area contributed by atoms with Gasteiger partial charge in [-0.25, -0.2) is 4.98 Å². The molecule has 0 spiro atoms. The summed E-state index contributed by atoms with van der Waals surface area (Å²) < 4.78 is 1.82. The van der Waals surface area contributed by atoms with Gasteiger partial charge in [0.2, 0.25) is 0 Å². The highest BCUT2D eigenvalue weighted by atomic mass is 15.4. The standard InChI is InChI=1S/C15H17N5/c1-10-8-11(2)17-15(12(10)9-16-3)20-14-7-5-4-6-13(14)18-19-20/h4-8,16H,9H2,1-3H3. The Bertz CT molecular complexity index is 760. The van der Waals surface area contributed by atoms with Gasteiger partial charge in [0, 0.05) is 17.8 Å². The van der Waals surface area contributed by atoms with Gasteiger partial charge in [0.05, 0.1) is 5.52 Å². The van der Waals surface area contributed by atoms with E-state index in [1.165, 1.54) is 5.56 Å². The molecule has 1 N–H and O–H groups in total. The maximum absolute atomic E-state index is 4.67. The second kappa shape index (κ2) is 5.02. The van der Waals surface area contributed by atoms with Gasteiger partial charge >= 0.3 is 0 Å². The van der Waals surface area contributed by atoms with Gasteiger partial charge in [-0.3, -0.25) is 0 Å². The van der Waals surface area contributed by atoms with Crippen LogP contribution in [-0.2, 0) is 6.54 Å². The van der Waals surface area contributed by atoms with Crippen LogP contribution in [-0.4, -0.2) is 27.0 Å². The summed E-state index contributed by atoms with van der Waals surface area (Å²) >= 11 is 0. The highest BCUT2D eigenvalue weighted by Crippen LogP contribution is 2.21. The number of para-hydroxylation sites is 1. The van der Waals surface area contributed by atoms with Crippen LogP contribution >= 0.6 is 0 Å². The summed E-state index contributed by atoms with van der Waals surface area (Å²) in [7, 11) is 1.93. The van der Waals surface area contributed by atoms with Crippen LogP contribution in [0.4, 0.5) is 0 Å². The molecule has 1 aromatic carbocycles. The molecule has 0 aliphatic heterocycles. The van der Waals surface area contributed by atoms with Gasteiger partial charge in [0.25, 0.3) is 0 Å². The molecule has 0 aliphatic rings. The van der Waals surface area contributed by atoms with Gasteiger partial charge in [-0.1, -0.05) is 17.3 Å². The molecule has 102 valence electrons. The van der Waals surface area contributed by atoms with Gasteiger partial charge < -0.3 is 5.32 Å². The van der Waals surface area contributed by atoms with E-state index in [1.54, 1.807) is 0 Å². The van der Waals surface area contributed by atoms with Gasteiger partial charge in [0.15, 0.2) is 5.82 Å². The van der Waals surface area contributed by atoms with Crippen molar-refractivity contribution in [2.75, 3.05) is 7.05 Å². The summed E-state index contributed by atoms with van der Waals surface area (Å²) in [6, 6.07) is 10.0. The van der Waals surface area contributed by atoms with Crippen molar-refractivity contribution in [3.8, 4) is 5.82 Å². The molecule has 3 rings (SSSR count). The molecular weight excluding hydrogens is 250 g/mol. The van der Waals surface area contributed by atoms with E-state index in [0.717, 1.165) is 34.7 Å². The molecule has 20 heavy (non-hydrogen) atoms. The smallest absolute Gasteiger partial charge is 0.160 e. The van der Waals surface area contributed by atoms with E-state index in [9.17, 15) is 0 Å². The first kappa shape index (κ1) is 12.7. The molecule has 0 atom stereocenters. The van der Waals surface area contributed by atoms with E-state index in [4.69, 9.17) is 0 Å². The third-order valence-electron chi connectivity index (χ3n) is 3.36. The normalized spacial score (nSPS) is 11.2. The van der Waals surface area contributed by atoms with Crippen LogP contribution in [0, 0.1) is 13.8 Å². The van der Waals surface area contributed by atoms with Crippen LogP contribution in [0.5, 0.6) is 0 Å². The molecule has 3 aromatic rings. The Morgan fingerprint density at radius 1 is 1.20 bits per heavy atom. The quantitative estimate of drug-likeness (QED) is 0.790. The monoisotopic (exact) mass is 267 g/mol. The Kier molecular flexibility index (Phi) is 3.20. The van der Waals surface area contributed by atoms with Crippen molar-refractivity contribution in [3.63, 3.8) is 0 Å². The second-order valence-electron chi connectivity index (χ2n) is 4.90. The number of rotatable bonds is 3. The number of benzene rings is 1. The molecule has 0 amide bonds. The second-order valence-corrected chi connectivity index (χ2v) is 4.90. The predicted molar refractivity (Wildman–Crippen MR) is 78.9 cm³/mol. The molecule has 0 fully saturated rings. The number of aryl methyl sites for hydroxylation is 2. The first-order chi connectivity index (χ1) is 9.70. The molecule has 2 aromatic heterocycles. The largest absolute Gasteiger partial charge is 0.316 e. The van der Waals surface area contributed by atoms with Crippen molar-refractivity contribution >= 4 is 11.0 Å². The van der Waals surface area contributed by atoms with Crippen LogP contribution < -0.4 is 5.32 Å². The fourth-order valence-corrected chi connectivity index (χ4v) is 2.44. The highest BCUT2D eigenvalue weighted by molar-refractivity contribution is 5.75. The number of pyridine rings is 1. The van der Waals surface area contributed by atoms with E-state index in [-0.39, 0.29) is 0 Å². The van der Waals surface area contributed by atoms with E-state index < -0.39 is 0 Å². The van der Waals surface area contributed by atoms with Gasteiger partial charge in [0.1, 0.15) is 5.52 Å². The van der Waals surface area contributed by atoms with E-state index >= 15 is 0 Å². The molecule has 0 radical (unpaired) electrons. The van der Waals surface area contributed by atoms with Crippen molar-refractivity contribution in [1.29, 1.82) is 0 Å². The maximum atomic E-state index is 4.67. The zero-order chi connectivity index (χ0) is 14.1. The summed E-state index contributed by atoms with van der Waals surface area (Å²) in [4.78, 5) is 4.67. The molecule has 5 nitrogen and oxygen atoms in total. The van der Waals surface area contributed by atoms with Crippen molar-refractivity contribution < 1.29 is 0 Å². The number of nitrogens with one attached hydrogen (secondary N) is 1. The van der Waals surface area contributed by atoms with Gasteiger partial charge in [-0.2, -0.15) is 4.68 Å². The Morgan fingerprint density at radius 3 is 2.80 bits per heavy atom. The van der Waals surface area contributed by atoms with E-state index in [0.29, 0.717) is 0 Å². The molecule has 0 bridgehead atoms. The Hall–Kier alpha value is -2.27. The number of nitrogens with zero attached hydrogens (tertiary/aromatic N) is 4. The zero-order valence-corrected chi connectivity index (χ0v) is 11.9. The fraction of sp³-hybridized carbons (Fsp3) is 0.267. The van der Waals surface area contributed by atoms with Crippen LogP contribution in [0.25, 0.3) is 16.9 Å². The van der Waals surface area contributed by atoms with Crippen LogP contribution in [0.2, 0.25) is 0 Å².